The van der Waals surface area contributed by atoms with Crippen molar-refractivity contribution in [2.45, 2.75) is 12.2 Å². The zero-order chi connectivity index (χ0) is 12.0. The van der Waals surface area contributed by atoms with Crippen LogP contribution in [0.5, 0.6) is 0 Å². The molecule has 0 fully saturated rings. The average Bonchev–Trinajstić information content (AvgIpc) is 2.62. The van der Waals surface area contributed by atoms with Crippen LogP contribution in [0.15, 0.2) is 4.52 Å². The largest absolute Gasteiger partial charge is 0.481 e. The molecule has 0 atom stereocenters. The molecule has 7 heteroatoms. The summed E-state index contributed by atoms with van der Waals surface area (Å²) in [5.41, 5.74) is 0. The fraction of sp³-hybridized carbons (Fsp3) is 0.667. The van der Waals surface area contributed by atoms with E-state index in [1.165, 1.54) is 11.8 Å². The molecule has 1 heterocycles. The summed E-state index contributed by atoms with van der Waals surface area (Å²) in [5, 5.41) is 12.3. The van der Waals surface area contributed by atoms with Gasteiger partial charge in [-0.1, -0.05) is 5.16 Å². The lowest BCUT2D eigenvalue weighted by Gasteiger charge is -2.05. The maximum Gasteiger partial charge on any atom is 0.313 e. The summed E-state index contributed by atoms with van der Waals surface area (Å²) in [4.78, 5) is 16.5. The second-order valence-electron chi connectivity index (χ2n) is 3.54. The Hall–Kier alpha value is -1.08. The van der Waals surface area contributed by atoms with Crippen LogP contribution in [0.1, 0.15) is 11.7 Å². The molecule has 0 aliphatic carbocycles. The Morgan fingerprint density at radius 2 is 2.31 bits per heavy atom. The Morgan fingerprint density at radius 1 is 1.56 bits per heavy atom. The summed E-state index contributed by atoms with van der Waals surface area (Å²) < 4.78 is 4.99. The highest BCUT2D eigenvalue weighted by Crippen LogP contribution is 2.10. The summed E-state index contributed by atoms with van der Waals surface area (Å²) in [6.45, 7) is 0.862. The van der Waals surface area contributed by atoms with E-state index in [1.54, 1.807) is 0 Å². The maximum atomic E-state index is 10.3. The van der Waals surface area contributed by atoms with Gasteiger partial charge < -0.3 is 14.5 Å². The number of carbonyl (C=O) groups is 1. The molecule has 16 heavy (non-hydrogen) atoms. The number of aliphatic carboxylic acids is 1. The van der Waals surface area contributed by atoms with E-state index in [0.717, 1.165) is 13.0 Å². The van der Waals surface area contributed by atoms with Crippen molar-refractivity contribution < 1.29 is 14.4 Å². The van der Waals surface area contributed by atoms with Crippen molar-refractivity contribution in [2.24, 2.45) is 0 Å². The molecule has 0 radical (unpaired) electrons. The smallest absolute Gasteiger partial charge is 0.313 e. The molecular weight excluding hydrogens is 230 g/mol. The van der Waals surface area contributed by atoms with E-state index in [2.05, 4.69) is 10.1 Å². The molecule has 0 aliphatic rings. The predicted octanol–water partition coefficient (Wildman–Crippen LogP) is 0.491. The van der Waals surface area contributed by atoms with E-state index in [4.69, 9.17) is 9.63 Å². The van der Waals surface area contributed by atoms with E-state index in [1.807, 2.05) is 19.0 Å². The van der Waals surface area contributed by atoms with Crippen molar-refractivity contribution in [1.29, 1.82) is 0 Å². The fourth-order valence-electron chi connectivity index (χ4n) is 1.000. The van der Waals surface area contributed by atoms with Crippen LogP contribution in [0, 0.1) is 0 Å². The highest BCUT2D eigenvalue weighted by molar-refractivity contribution is 7.99. The van der Waals surface area contributed by atoms with Gasteiger partial charge in [0.1, 0.15) is 0 Å². The molecule has 0 bridgehead atoms. The standard InChI is InChI=1S/C9H15N3O3S/c1-12(2)4-3-7-10-8(15-11-7)5-16-6-9(13)14/h3-6H2,1-2H3,(H,13,14). The molecule has 0 saturated heterocycles. The van der Waals surface area contributed by atoms with Crippen LogP contribution >= 0.6 is 11.8 Å². The molecule has 0 aliphatic heterocycles. The van der Waals surface area contributed by atoms with Gasteiger partial charge in [-0.3, -0.25) is 4.79 Å². The molecule has 1 N–H and O–H groups in total. The van der Waals surface area contributed by atoms with Crippen molar-refractivity contribution >= 4 is 17.7 Å². The highest BCUT2D eigenvalue weighted by Gasteiger charge is 2.07. The van der Waals surface area contributed by atoms with Crippen molar-refractivity contribution in [3.05, 3.63) is 11.7 Å². The van der Waals surface area contributed by atoms with Gasteiger partial charge in [-0.05, 0) is 14.1 Å². The van der Waals surface area contributed by atoms with Crippen molar-refractivity contribution in [3.63, 3.8) is 0 Å². The molecule has 1 rings (SSSR count). The number of aromatic nitrogens is 2. The zero-order valence-corrected chi connectivity index (χ0v) is 10.2. The summed E-state index contributed by atoms with van der Waals surface area (Å²) in [6.07, 6.45) is 0.736. The van der Waals surface area contributed by atoms with Gasteiger partial charge in [-0.2, -0.15) is 4.98 Å². The first kappa shape index (κ1) is 13.0. The molecule has 0 amide bonds. The Labute approximate surface area is 98.0 Å². The minimum atomic E-state index is -0.836. The lowest BCUT2D eigenvalue weighted by atomic mass is 10.4. The number of hydrogen-bond acceptors (Lipinski definition) is 6. The van der Waals surface area contributed by atoms with E-state index in [-0.39, 0.29) is 5.75 Å². The molecule has 1 aromatic rings. The van der Waals surface area contributed by atoms with Gasteiger partial charge in [0.05, 0.1) is 11.5 Å². The third-order valence-corrected chi connectivity index (χ3v) is 2.65. The van der Waals surface area contributed by atoms with Gasteiger partial charge in [0, 0.05) is 13.0 Å². The molecule has 0 spiro atoms. The monoisotopic (exact) mass is 245 g/mol. The molecule has 1 aromatic heterocycles. The number of hydrogen-bond donors (Lipinski definition) is 1. The Morgan fingerprint density at radius 3 is 2.94 bits per heavy atom. The van der Waals surface area contributed by atoms with Gasteiger partial charge in [-0.15, -0.1) is 11.8 Å². The number of nitrogens with zero attached hydrogens (tertiary/aromatic N) is 3. The summed E-state index contributed by atoms with van der Waals surface area (Å²) in [6, 6.07) is 0. The number of carboxylic acids is 1. The van der Waals surface area contributed by atoms with Crippen LogP contribution in [0.3, 0.4) is 0 Å². The van der Waals surface area contributed by atoms with Crippen LogP contribution in [0.25, 0.3) is 0 Å². The van der Waals surface area contributed by atoms with Crippen LogP contribution in [0.4, 0.5) is 0 Å². The fourth-order valence-corrected chi connectivity index (χ4v) is 1.57. The third kappa shape index (κ3) is 5.13. The van der Waals surface area contributed by atoms with Gasteiger partial charge in [0.25, 0.3) is 0 Å². The molecule has 90 valence electrons. The van der Waals surface area contributed by atoms with Crippen molar-refractivity contribution in [2.75, 3.05) is 26.4 Å². The Bertz CT molecular complexity index is 340. The van der Waals surface area contributed by atoms with Gasteiger partial charge in [-0.25, -0.2) is 0 Å². The molecule has 6 nitrogen and oxygen atoms in total. The van der Waals surface area contributed by atoms with E-state index >= 15 is 0 Å². The third-order valence-electron chi connectivity index (χ3n) is 1.74. The van der Waals surface area contributed by atoms with Crippen molar-refractivity contribution in [1.82, 2.24) is 15.0 Å². The topological polar surface area (TPSA) is 79.5 Å². The Kier molecular flexibility index (Phi) is 5.27. The predicted molar refractivity (Wildman–Crippen MR) is 60.4 cm³/mol. The van der Waals surface area contributed by atoms with Crippen LogP contribution in [-0.2, 0) is 17.0 Å². The van der Waals surface area contributed by atoms with E-state index in [0.29, 0.717) is 17.5 Å². The minimum Gasteiger partial charge on any atom is -0.481 e. The molecule has 0 saturated carbocycles. The first-order chi connectivity index (χ1) is 7.58. The number of thioether (sulfide) groups is 1. The molecule has 0 unspecified atom stereocenters. The minimum absolute atomic E-state index is 0.0510. The maximum absolute atomic E-state index is 10.3. The number of likely N-dealkylation sites (N-methyl/N-ethyl adjacent to an activating group) is 1. The molecular formula is C9H15N3O3S. The number of rotatable bonds is 7. The van der Waals surface area contributed by atoms with Gasteiger partial charge >= 0.3 is 5.97 Å². The second-order valence-corrected chi connectivity index (χ2v) is 4.53. The molecule has 0 aromatic carbocycles. The van der Waals surface area contributed by atoms with E-state index < -0.39 is 5.97 Å². The lowest BCUT2D eigenvalue weighted by Crippen LogP contribution is -2.15. The Balaban J connectivity index is 2.30. The summed E-state index contributed by atoms with van der Waals surface area (Å²) >= 11 is 1.25. The quantitative estimate of drug-likeness (QED) is 0.748. The zero-order valence-electron chi connectivity index (χ0n) is 9.34. The summed E-state index contributed by atoms with van der Waals surface area (Å²) in [7, 11) is 3.95. The van der Waals surface area contributed by atoms with Crippen LogP contribution in [-0.4, -0.2) is 52.5 Å². The van der Waals surface area contributed by atoms with E-state index in [9.17, 15) is 4.79 Å². The summed E-state index contributed by atoms with van der Waals surface area (Å²) in [5.74, 6) is 0.813. The first-order valence-corrected chi connectivity index (χ1v) is 5.99. The highest BCUT2D eigenvalue weighted by atomic mass is 32.2. The average molecular weight is 245 g/mol. The second kappa shape index (κ2) is 6.49. The van der Waals surface area contributed by atoms with Crippen LogP contribution < -0.4 is 0 Å². The van der Waals surface area contributed by atoms with Gasteiger partial charge in [0.15, 0.2) is 5.82 Å². The normalized spacial score (nSPS) is 10.9. The van der Waals surface area contributed by atoms with Crippen LogP contribution in [0.2, 0.25) is 0 Å². The lowest BCUT2D eigenvalue weighted by molar-refractivity contribution is -0.133. The van der Waals surface area contributed by atoms with Gasteiger partial charge in [0.2, 0.25) is 5.89 Å². The first-order valence-electron chi connectivity index (χ1n) is 4.83. The SMILES string of the molecule is CN(C)CCc1noc(CSCC(=O)O)n1. The van der Waals surface area contributed by atoms with Crippen molar-refractivity contribution in [3.8, 4) is 0 Å². The number of carboxylic acid groups (broad SMARTS) is 1.